The van der Waals surface area contributed by atoms with Gasteiger partial charge < -0.3 is 26.0 Å². The summed E-state index contributed by atoms with van der Waals surface area (Å²) >= 11 is 0. The summed E-state index contributed by atoms with van der Waals surface area (Å²) in [5, 5.41) is 9.73. The Morgan fingerprint density at radius 2 is 1.81 bits per heavy atom. The number of likely N-dealkylation sites (tertiary alicyclic amines) is 1. The Morgan fingerprint density at radius 1 is 1.02 bits per heavy atom. The number of ether oxygens (including phenoxy) is 1. The van der Waals surface area contributed by atoms with E-state index in [0.29, 0.717) is 31.7 Å². The summed E-state index contributed by atoms with van der Waals surface area (Å²) in [6.45, 7) is 6.42. The Hall–Kier alpha value is -4.66. The van der Waals surface area contributed by atoms with Gasteiger partial charge in [-0.1, -0.05) is 54.6 Å². The molecule has 0 radical (unpaired) electrons. The number of amides is 3. The van der Waals surface area contributed by atoms with Crippen molar-refractivity contribution in [1.29, 1.82) is 0 Å². The van der Waals surface area contributed by atoms with Crippen molar-refractivity contribution in [3.63, 3.8) is 0 Å². The molecule has 4 N–H and O–H groups in total. The minimum Gasteiger partial charge on any atom is -0.444 e. The summed E-state index contributed by atoms with van der Waals surface area (Å²) in [4.78, 5) is 45.4. The van der Waals surface area contributed by atoms with Gasteiger partial charge in [-0.25, -0.2) is 9.78 Å². The van der Waals surface area contributed by atoms with Crippen molar-refractivity contribution in [2.75, 3.05) is 18.8 Å². The maximum atomic E-state index is 13.8. The number of carbonyl (C=O) groups is 3. The summed E-state index contributed by atoms with van der Waals surface area (Å²) in [7, 11) is 0. The van der Waals surface area contributed by atoms with Crippen LogP contribution in [0.1, 0.15) is 38.3 Å². The van der Waals surface area contributed by atoms with Gasteiger partial charge in [-0.15, -0.1) is 0 Å². The lowest BCUT2D eigenvalue weighted by Gasteiger charge is -2.27. The van der Waals surface area contributed by atoms with Gasteiger partial charge in [0.2, 0.25) is 11.8 Å². The fraction of sp³-hybridized carbons (Fsp3) is 0.333. The maximum absolute atomic E-state index is 13.8. The number of alkyl carbamates (subject to hydrolysis) is 1. The number of hydrogen-bond donors (Lipinski definition) is 3. The van der Waals surface area contributed by atoms with Gasteiger partial charge in [0.05, 0.1) is 5.92 Å². The van der Waals surface area contributed by atoms with Crippen molar-refractivity contribution in [3.05, 3.63) is 84.1 Å². The van der Waals surface area contributed by atoms with Crippen LogP contribution < -0.4 is 16.4 Å². The molecule has 0 aliphatic carbocycles. The molecular formula is C33H37N5O4. The van der Waals surface area contributed by atoms with E-state index in [0.717, 1.165) is 32.7 Å². The third-order valence-corrected chi connectivity index (χ3v) is 7.49. The van der Waals surface area contributed by atoms with Crippen LogP contribution in [0.5, 0.6) is 0 Å². The average molecular weight is 568 g/mol. The molecule has 1 aromatic heterocycles. The highest BCUT2D eigenvalue weighted by molar-refractivity contribution is 5.92. The fourth-order valence-electron chi connectivity index (χ4n) is 5.43. The second-order valence-electron chi connectivity index (χ2n) is 11.8. The minimum absolute atomic E-state index is 0.106. The molecule has 9 nitrogen and oxygen atoms in total. The number of rotatable bonds is 7. The van der Waals surface area contributed by atoms with E-state index in [9.17, 15) is 14.4 Å². The Morgan fingerprint density at radius 3 is 2.62 bits per heavy atom. The first kappa shape index (κ1) is 28.9. The molecule has 1 saturated heterocycles. The Balaban J connectivity index is 1.25. The van der Waals surface area contributed by atoms with Gasteiger partial charge in [-0.2, -0.15) is 0 Å². The quantitative estimate of drug-likeness (QED) is 0.300. The van der Waals surface area contributed by atoms with Crippen LogP contribution in [0.2, 0.25) is 0 Å². The zero-order chi connectivity index (χ0) is 29.9. The van der Waals surface area contributed by atoms with Crippen molar-refractivity contribution in [2.24, 2.45) is 5.92 Å². The molecule has 0 spiro atoms. The molecule has 2 atom stereocenters. The largest absolute Gasteiger partial charge is 0.444 e. The molecule has 42 heavy (non-hydrogen) atoms. The van der Waals surface area contributed by atoms with Gasteiger partial charge in [0.25, 0.3) is 0 Å². The van der Waals surface area contributed by atoms with E-state index in [1.807, 2.05) is 66.7 Å². The molecule has 218 valence electrons. The van der Waals surface area contributed by atoms with Crippen LogP contribution in [0, 0.1) is 5.92 Å². The van der Waals surface area contributed by atoms with E-state index in [4.69, 9.17) is 10.5 Å². The zero-order valence-corrected chi connectivity index (χ0v) is 24.2. The molecule has 2 heterocycles. The van der Waals surface area contributed by atoms with Gasteiger partial charge in [0.1, 0.15) is 17.5 Å². The number of benzene rings is 3. The summed E-state index contributed by atoms with van der Waals surface area (Å²) in [6, 6.07) is 20.8. The number of nitrogens with two attached hydrogens (primary N) is 1. The van der Waals surface area contributed by atoms with Crippen LogP contribution >= 0.6 is 0 Å². The topological polar surface area (TPSA) is 127 Å². The number of carbonyl (C=O) groups excluding carboxylic acids is 3. The zero-order valence-electron chi connectivity index (χ0n) is 24.2. The number of nitrogens with one attached hydrogen (secondary N) is 2. The van der Waals surface area contributed by atoms with Crippen LogP contribution in [-0.2, 0) is 27.3 Å². The highest BCUT2D eigenvalue weighted by Gasteiger charge is 2.35. The second kappa shape index (κ2) is 12.1. The first-order valence-corrected chi connectivity index (χ1v) is 14.2. The number of nitrogen functional groups attached to an aromatic ring is 1. The SMILES string of the molecule is CC(C)(C)OC(=O)N[C@H](Cc1cccc2ccccc12)C(=O)N1CCC(C(=O)NCc2ccc3c(N)nccc3c2)C1. The lowest BCUT2D eigenvalue weighted by molar-refractivity contribution is -0.133. The number of nitrogens with zero attached hydrogens (tertiary/aromatic N) is 2. The number of pyridine rings is 1. The Kier molecular flexibility index (Phi) is 8.29. The first-order chi connectivity index (χ1) is 20.1. The summed E-state index contributed by atoms with van der Waals surface area (Å²) in [6.07, 6.45) is 1.86. The molecule has 9 heteroatoms. The van der Waals surface area contributed by atoms with Gasteiger partial charge in [-0.05, 0) is 66.6 Å². The van der Waals surface area contributed by atoms with Crippen LogP contribution in [0.15, 0.2) is 72.9 Å². The van der Waals surface area contributed by atoms with Crippen molar-refractivity contribution >= 4 is 45.3 Å². The third-order valence-electron chi connectivity index (χ3n) is 7.49. The molecule has 0 saturated carbocycles. The normalized spacial score (nSPS) is 15.9. The predicted octanol–water partition coefficient (Wildman–Crippen LogP) is 4.57. The smallest absolute Gasteiger partial charge is 0.408 e. The fourth-order valence-corrected chi connectivity index (χ4v) is 5.43. The van der Waals surface area contributed by atoms with Crippen LogP contribution in [-0.4, -0.2) is 52.5 Å². The van der Waals surface area contributed by atoms with Gasteiger partial charge in [0.15, 0.2) is 0 Å². The van der Waals surface area contributed by atoms with Crippen LogP contribution in [0.3, 0.4) is 0 Å². The van der Waals surface area contributed by atoms with Crippen LogP contribution in [0.4, 0.5) is 10.6 Å². The van der Waals surface area contributed by atoms with Gasteiger partial charge in [0, 0.05) is 37.6 Å². The molecule has 3 aromatic carbocycles. The third kappa shape index (κ3) is 6.79. The first-order valence-electron chi connectivity index (χ1n) is 14.2. The van der Waals surface area contributed by atoms with E-state index < -0.39 is 17.7 Å². The standard InChI is InChI=1S/C33H37N5O4/c1-33(2,3)42-32(41)37-28(18-23-9-6-8-22-7-4-5-10-26(22)23)31(40)38-16-14-25(20-38)30(39)36-19-21-11-12-27-24(17-21)13-15-35-29(27)34/h4-13,15,17,25,28H,14,16,18-20H2,1-3H3,(H2,34,35)(H,36,39)(H,37,41)/t25?,28-/m1/s1. The highest BCUT2D eigenvalue weighted by Crippen LogP contribution is 2.24. The molecular weight excluding hydrogens is 530 g/mol. The predicted molar refractivity (Wildman–Crippen MR) is 163 cm³/mol. The van der Waals surface area contributed by atoms with Crippen molar-refractivity contribution in [2.45, 2.75) is 51.8 Å². The van der Waals surface area contributed by atoms with Crippen LogP contribution in [0.25, 0.3) is 21.5 Å². The molecule has 5 rings (SSSR count). The molecule has 1 aliphatic heterocycles. The summed E-state index contributed by atoms with van der Waals surface area (Å²) < 4.78 is 5.48. The summed E-state index contributed by atoms with van der Waals surface area (Å²) in [5.41, 5.74) is 7.14. The van der Waals surface area contributed by atoms with E-state index in [1.165, 1.54) is 0 Å². The molecule has 3 amide bonds. The van der Waals surface area contributed by atoms with E-state index in [1.54, 1.807) is 31.9 Å². The van der Waals surface area contributed by atoms with E-state index in [-0.39, 0.29) is 24.3 Å². The van der Waals surface area contributed by atoms with E-state index in [2.05, 4.69) is 15.6 Å². The monoisotopic (exact) mass is 567 g/mol. The molecule has 1 unspecified atom stereocenters. The molecule has 1 aliphatic rings. The molecule has 0 bridgehead atoms. The van der Waals surface area contributed by atoms with Crippen molar-refractivity contribution in [3.8, 4) is 0 Å². The molecule has 1 fully saturated rings. The van der Waals surface area contributed by atoms with Crippen molar-refractivity contribution in [1.82, 2.24) is 20.5 Å². The minimum atomic E-state index is -0.841. The van der Waals surface area contributed by atoms with Gasteiger partial charge in [-0.3, -0.25) is 9.59 Å². The lowest BCUT2D eigenvalue weighted by Crippen LogP contribution is -2.50. The number of anilines is 1. The van der Waals surface area contributed by atoms with Crippen molar-refractivity contribution < 1.29 is 19.1 Å². The average Bonchev–Trinajstić information content (AvgIpc) is 3.45. The van der Waals surface area contributed by atoms with Gasteiger partial charge >= 0.3 is 6.09 Å². The number of aromatic nitrogens is 1. The lowest BCUT2D eigenvalue weighted by atomic mass is 9.98. The molecule has 4 aromatic rings. The number of fused-ring (bicyclic) bond motifs is 2. The maximum Gasteiger partial charge on any atom is 0.408 e. The summed E-state index contributed by atoms with van der Waals surface area (Å²) in [5.74, 6) is -0.206. The Labute approximate surface area is 245 Å². The highest BCUT2D eigenvalue weighted by atomic mass is 16.6. The number of hydrogen-bond acceptors (Lipinski definition) is 6. The van der Waals surface area contributed by atoms with E-state index >= 15 is 0 Å². The second-order valence-corrected chi connectivity index (χ2v) is 11.8. The Bertz CT molecular complexity index is 1620.